The Morgan fingerprint density at radius 2 is 1.40 bits per heavy atom. The van der Waals surface area contributed by atoms with Gasteiger partial charge in [-0.25, -0.2) is 0 Å². The molecule has 0 aromatic heterocycles. The van der Waals surface area contributed by atoms with Gasteiger partial charge in [0, 0.05) is 18.8 Å². The zero-order valence-corrected chi connectivity index (χ0v) is 8.65. The van der Waals surface area contributed by atoms with Crippen LogP contribution in [0, 0.1) is 0 Å². The van der Waals surface area contributed by atoms with E-state index in [1.807, 2.05) is 0 Å². The average Bonchev–Trinajstić information content (AvgIpc) is 2.01. The highest BCUT2D eigenvalue weighted by Gasteiger charge is 2.15. The van der Waals surface area contributed by atoms with Crippen LogP contribution in [0.15, 0.2) is 24.3 Å². The van der Waals surface area contributed by atoms with Crippen molar-refractivity contribution >= 4 is 7.60 Å². The average molecular weight is 248 g/mol. The zero-order chi connectivity index (χ0) is 11.9. The molecule has 0 saturated heterocycles. The molecular formula is C7H9F4O3P. The van der Waals surface area contributed by atoms with Crippen LogP contribution in [-0.4, -0.2) is 19.9 Å². The predicted octanol–water partition coefficient (Wildman–Crippen LogP) is 3.40. The topological polar surface area (TPSA) is 35.5 Å². The van der Waals surface area contributed by atoms with Crippen molar-refractivity contribution < 1.29 is 31.2 Å². The summed E-state index contributed by atoms with van der Waals surface area (Å²) in [6.07, 6.45) is -3.18. The van der Waals surface area contributed by atoms with E-state index in [9.17, 15) is 22.1 Å². The van der Waals surface area contributed by atoms with Crippen LogP contribution < -0.4 is 0 Å². The van der Waals surface area contributed by atoms with Gasteiger partial charge in [-0.2, -0.15) is 17.6 Å². The summed E-state index contributed by atoms with van der Waals surface area (Å²) in [5.41, 5.74) is 0. The molecule has 0 radical (unpaired) electrons. The Kier molecular flexibility index (Phi) is 6.47. The van der Waals surface area contributed by atoms with E-state index in [0.29, 0.717) is 12.2 Å². The van der Waals surface area contributed by atoms with Gasteiger partial charge in [0.05, 0.1) is 13.2 Å². The fourth-order valence-electron chi connectivity index (χ4n) is 0.509. The molecule has 0 aliphatic carbocycles. The summed E-state index contributed by atoms with van der Waals surface area (Å²) in [6, 6.07) is 0. The third-order valence-electron chi connectivity index (χ3n) is 1.09. The van der Waals surface area contributed by atoms with Gasteiger partial charge in [-0.1, -0.05) is 0 Å². The molecule has 0 rings (SSSR count). The Hall–Kier alpha value is -0.650. The largest absolute Gasteiger partial charge is 0.328 e. The summed E-state index contributed by atoms with van der Waals surface area (Å²) in [4.78, 5) is 0. The van der Waals surface area contributed by atoms with E-state index < -0.39 is 33.0 Å². The fourth-order valence-corrected chi connectivity index (χ4v) is 1.27. The number of rotatable bonds is 6. The van der Waals surface area contributed by atoms with E-state index in [1.165, 1.54) is 0 Å². The van der Waals surface area contributed by atoms with Gasteiger partial charge in [-0.3, -0.25) is 4.57 Å². The lowest BCUT2D eigenvalue weighted by atomic mass is 10.7. The standard InChI is InChI=1S/C7H9F4O3P/c1-15(12,13-4-2-6(8)9)14-5-3-7(10)11/h2-3H,4-5H2,1H3. The number of hydrogen-bond donors (Lipinski definition) is 0. The first kappa shape index (κ1) is 14.3. The van der Waals surface area contributed by atoms with Gasteiger partial charge < -0.3 is 9.05 Å². The molecule has 3 nitrogen and oxygen atoms in total. The van der Waals surface area contributed by atoms with E-state index in [0.717, 1.165) is 6.66 Å². The zero-order valence-electron chi connectivity index (χ0n) is 7.75. The molecule has 88 valence electrons. The molecule has 8 heteroatoms. The van der Waals surface area contributed by atoms with Gasteiger partial charge in [-0.05, 0) is 0 Å². The van der Waals surface area contributed by atoms with Crippen molar-refractivity contribution in [3.63, 3.8) is 0 Å². The van der Waals surface area contributed by atoms with Crippen molar-refractivity contribution in [1.29, 1.82) is 0 Å². The minimum atomic E-state index is -3.56. The molecule has 15 heavy (non-hydrogen) atoms. The first-order valence-corrected chi connectivity index (χ1v) is 5.71. The van der Waals surface area contributed by atoms with Crippen LogP contribution in [0.4, 0.5) is 17.6 Å². The summed E-state index contributed by atoms with van der Waals surface area (Å²) in [5.74, 6) is 0. The monoisotopic (exact) mass is 248 g/mol. The number of hydrogen-bond acceptors (Lipinski definition) is 3. The molecule has 0 spiro atoms. The highest BCUT2D eigenvalue weighted by Crippen LogP contribution is 2.43. The lowest BCUT2D eigenvalue weighted by Gasteiger charge is -2.10. The maximum absolute atomic E-state index is 11.5. The molecular weight excluding hydrogens is 239 g/mol. The quantitative estimate of drug-likeness (QED) is 0.533. The molecule has 0 bridgehead atoms. The summed E-state index contributed by atoms with van der Waals surface area (Å²) in [5, 5.41) is 0. The Balaban J connectivity index is 3.93. The first-order valence-electron chi connectivity index (χ1n) is 3.72. The van der Waals surface area contributed by atoms with Crippen LogP contribution in [0.5, 0.6) is 0 Å². The molecule has 0 amide bonds. The van der Waals surface area contributed by atoms with E-state index in [-0.39, 0.29) is 0 Å². The van der Waals surface area contributed by atoms with Crippen LogP contribution >= 0.6 is 7.60 Å². The Morgan fingerprint density at radius 3 is 1.67 bits per heavy atom. The normalized spacial score (nSPS) is 11.0. The third kappa shape index (κ3) is 9.65. The van der Waals surface area contributed by atoms with Crippen molar-refractivity contribution in [2.45, 2.75) is 0 Å². The van der Waals surface area contributed by atoms with Crippen molar-refractivity contribution in [3.05, 3.63) is 24.3 Å². The minimum Gasteiger partial charge on any atom is -0.304 e. The smallest absolute Gasteiger partial charge is 0.304 e. The van der Waals surface area contributed by atoms with Gasteiger partial charge in [0.25, 0.3) is 12.2 Å². The number of halogens is 4. The second-order valence-corrected chi connectivity index (χ2v) is 4.41. The fraction of sp³-hybridized carbons (Fsp3) is 0.429. The summed E-state index contributed by atoms with van der Waals surface area (Å²) in [6.45, 7) is -0.198. The predicted molar refractivity (Wildman–Crippen MR) is 46.0 cm³/mol. The second-order valence-electron chi connectivity index (χ2n) is 2.35. The molecule has 0 aliphatic rings. The molecule has 0 aromatic rings. The lowest BCUT2D eigenvalue weighted by molar-refractivity contribution is 0.237. The molecule has 0 fully saturated rings. The second kappa shape index (κ2) is 6.76. The molecule has 0 N–H and O–H groups in total. The maximum atomic E-state index is 11.5. The maximum Gasteiger partial charge on any atom is 0.328 e. The molecule has 0 unspecified atom stereocenters. The van der Waals surface area contributed by atoms with Crippen molar-refractivity contribution in [1.82, 2.24) is 0 Å². The molecule has 0 heterocycles. The van der Waals surface area contributed by atoms with Crippen molar-refractivity contribution in [2.75, 3.05) is 19.9 Å². The summed E-state index contributed by atoms with van der Waals surface area (Å²) in [7, 11) is -3.56. The summed E-state index contributed by atoms with van der Waals surface area (Å²) >= 11 is 0. The SMILES string of the molecule is CP(=O)(OCC=C(F)F)OCC=C(F)F. The summed E-state index contributed by atoms with van der Waals surface area (Å²) < 4.78 is 66.1. The van der Waals surface area contributed by atoms with Crippen LogP contribution in [-0.2, 0) is 13.6 Å². The highest BCUT2D eigenvalue weighted by molar-refractivity contribution is 7.52. The van der Waals surface area contributed by atoms with Gasteiger partial charge >= 0.3 is 7.60 Å². The Bertz CT molecular complexity index is 269. The minimum absolute atomic E-state index is 0.394. The van der Waals surface area contributed by atoms with E-state index in [2.05, 4.69) is 9.05 Å². The van der Waals surface area contributed by atoms with Crippen LogP contribution in [0.25, 0.3) is 0 Å². The van der Waals surface area contributed by atoms with E-state index >= 15 is 0 Å². The van der Waals surface area contributed by atoms with Crippen LogP contribution in [0.2, 0.25) is 0 Å². The van der Waals surface area contributed by atoms with Gasteiger partial charge in [0.1, 0.15) is 0 Å². The molecule has 0 aromatic carbocycles. The van der Waals surface area contributed by atoms with Crippen molar-refractivity contribution in [3.8, 4) is 0 Å². The molecule has 0 atom stereocenters. The third-order valence-corrected chi connectivity index (χ3v) is 2.33. The first-order chi connectivity index (χ1) is 6.83. The van der Waals surface area contributed by atoms with Gasteiger partial charge in [0.2, 0.25) is 0 Å². The highest BCUT2D eigenvalue weighted by atomic mass is 31.2. The van der Waals surface area contributed by atoms with E-state index in [1.54, 1.807) is 0 Å². The lowest BCUT2D eigenvalue weighted by Crippen LogP contribution is -1.95. The van der Waals surface area contributed by atoms with Gasteiger partial charge in [0.15, 0.2) is 0 Å². The van der Waals surface area contributed by atoms with Gasteiger partial charge in [-0.15, -0.1) is 0 Å². The van der Waals surface area contributed by atoms with Crippen molar-refractivity contribution in [2.24, 2.45) is 0 Å². The van der Waals surface area contributed by atoms with E-state index in [4.69, 9.17) is 0 Å². The Morgan fingerprint density at radius 1 is 1.07 bits per heavy atom. The Labute approximate surface area is 83.9 Å². The van der Waals surface area contributed by atoms with Crippen LogP contribution in [0.3, 0.4) is 0 Å². The molecule has 0 saturated carbocycles. The van der Waals surface area contributed by atoms with Crippen LogP contribution in [0.1, 0.15) is 0 Å². The molecule has 0 aliphatic heterocycles.